The van der Waals surface area contributed by atoms with Crippen molar-refractivity contribution < 1.29 is 14.3 Å². The predicted octanol–water partition coefficient (Wildman–Crippen LogP) is 3.30. The predicted molar refractivity (Wildman–Crippen MR) is 82.1 cm³/mol. The monoisotopic (exact) mass is 304 g/mol. The van der Waals surface area contributed by atoms with Crippen molar-refractivity contribution in [3.63, 3.8) is 0 Å². The van der Waals surface area contributed by atoms with Crippen LogP contribution >= 0.6 is 12.2 Å². The Morgan fingerprint density at radius 2 is 2.10 bits per heavy atom. The molecule has 0 amide bonds. The maximum atomic E-state index is 11.7. The molecule has 0 aliphatic heterocycles. The highest BCUT2D eigenvalue weighted by Crippen LogP contribution is 2.27. The lowest BCUT2D eigenvalue weighted by molar-refractivity contribution is 0.0598. The van der Waals surface area contributed by atoms with Crippen LogP contribution in [-0.4, -0.2) is 29.7 Å². The van der Waals surface area contributed by atoms with Gasteiger partial charge >= 0.3 is 5.97 Å². The molecule has 0 aliphatic carbocycles. The Labute approximate surface area is 127 Å². The van der Waals surface area contributed by atoms with Crippen molar-refractivity contribution in [2.45, 2.75) is 13.8 Å². The maximum Gasteiger partial charge on any atom is 0.342 e. The molecule has 0 spiro atoms. The molecule has 2 aromatic rings. The van der Waals surface area contributed by atoms with Gasteiger partial charge in [-0.05, 0) is 26.0 Å². The summed E-state index contributed by atoms with van der Waals surface area (Å²) in [4.78, 5) is 19.1. The topological polar surface area (TPSA) is 64.2 Å². The van der Waals surface area contributed by atoms with Crippen LogP contribution in [0.4, 0.5) is 0 Å². The number of hydrogen-bond donors (Lipinski definition) is 1. The Kier molecular flexibility index (Phi) is 4.70. The third-order valence-corrected chi connectivity index (χ3v) is 3.24. The second kappa shape index (κ2) is 6.49. The fourth-order valence-electron chi connectivity index (χ4n) is 2.00. The molecule has 0 atom stereocenters. The van der Waals surface area contributed by atoms with Gasteiger partial charge < -0.3 is 14.5 Å². The van der Waals surface area contributed by atoms with Gasteiger partial charge in [0, 0.05) is 5.69 Å². The average molecular weight is 304 g/mol. The van der Waals surface area contributed by atoms with Crippen molar-refractivity contribution >= 4 is 18.2 Å². The number of aryl methyl sites for hydroxylation is 1. The van der Waals surface area contributed by atoms with Gasteiger partial charge in [0.2, 0.25) is 0 Å². The van der Waals surface area contributed by atoms with Gasteiger partial charge in [-0.25, -0.2) is 9.78 Å². The van der Waals surface area contributed by atoms with Crippen molar-refractivity contribution in [2.75, 3.05) is 13.7 Å². The van der Waals surface area contributed by atoms with Crippen LogP contribution in [0.1, 0.15) is 23.0 Å². The van der Waals surface area contributed by atoms with Crippen molar-refractivity contribution in [1.29, 1.82) is 0 Å². The fourth-order valence-corrected chi connectivity index (χ4v) is 2.33. The number of para-hydroxylation sites is 1. The van der Waals surface area contributed by atoms with E-state index >= 15 is 0 Å². The number of ether oxygens (including phenoxy) is 2. The number of benzene rings is 1. The van der Waals surface area contributed by atoms with Crippen LogP contribution in [0, 0.1) is 11.6 Å². The number of H-pyrrole nitrogens is 1. The first kappa shape index (κ1) is 15.2. The van der Waals surface area contributed by atoms with Gasteiger partial charge in [0.05, 0.1) is 19.3 Å². The lowest BCUT2D eigenvalue weighted by Crippen LogP contribution is -2.09. The zero-order valence-corrected chi connectivity index (χ0v) is 12.9. The van der Waals surface area contributed by atoms with Crippen molar-refractivity contribution in [2.24, 2.45) is 0 Å². The molecule has 0 unspecified atom stereocenters. The molecule has 0 saturated carbocycles. The molecule has 2 rings (SSSR count). The summed E-state index contributed by atoms with van der Waals surface area (Å²) in [5, 5.41) is 0. The highest BCUT2D eigenvalue weighted by Gasteiger charge is 2.16. The largest absolute Gasteiger partial charge is 0.493 e. The normalized spacial score (nSPS) is 10.2. The first-order chi connectivity index (χ1) is 10.1. The molecular weight excluding hydrogens is 288 g/mol. The number of carbonyl (C=O) groups excluding carboxylic acids is 1. The second-order valence-corrected chi connectivity index (χ2v) is 4.70. The number of methoxy groups -OCH3 is 1. The molecular formula is C15H16N2O3S. The average Bonchev–Trinajstić information content (AvgIpc) is 2.47. The van der Waals surface area contributed by atoms with E-state index in [1.807, 2.05) is 31.2 Å². The van der Waals surface area contributed by atoms with Gasteiger partial charge in [-0.1, -0.05) is 24.4 Å². The summed E-state index contributed by atoms with van der Waals surface area (Å²) < 4.78 is 10.5. The Balaban J connectivity index is 2.57. The van der Waals surface area contributed by atoms with Crippen molar-refractivity contribution in [1.82, 2.24) is 9.97 Å². The summed E-state index contributed by atoms with van der Waals surface area (Å²) in [6.45, 7) is 4.23. The summed E-state index contributed by atoms with van der Waals surface area (Å²) in [6, 6.07) is 7.52. The lowest BCUT2D eigenvalue weighted by atomic mass is 10.1. The van der Waals surface area contributed by atoms with Crippen LogP contribution in [0.3, 0.4) is 0 Å². The summed E-state index contributed by atoms with van der Waals surface area (Å²) in [6.07, 6.45) is 0. The zero-order valence-electron chi connectivity index (χ0n) is 12.1. The molecule has 0 radical (unpaired) electrons. The van der Waals surface area contributed by atoms with Crippen LogP contribution in [0.5, 0.6) is 5.75 Å². The molecule has 0 bridgehead atoms. The molecule has 0 aliphatic rings. The van der Waals surface area contributed by atoms with E-state index in [2.05, 4.69) is 9.97 Å². The van der Waals surface area contributed by atoms with E-state index in [-0.39, 0.29) is 10.2 Å². The maximum absolute atomic E-state index is 11.7. The fraction of sp³-hybridized carbons (Fsp3) is 0.267. The Morgan fingerprint density at radius 3 is 2.71 bits per heavy atom. The first-order valence-corrected chi connectivity index (χ1v) is 6.90. The van der Waals surface area contributed by atoms with E-state index in [0.29, 0.717) is 23.9 Å². The summed E-state index contributed by atoms with van der Waals surface area (Å²) in [5.41, 5.74) is 1.69. The zero-order chi connectivity index (χ0) is 15.4. The van der Waals surface area contributed by atoms with Crippen LogP contribution in [0.2, 0.25) is 0 Å². The number of aromatic nitrogens is 2. The van der Waals surface area contributed by atoms with Gasteiger partial charge in [-0.3, -0.25) is 0 Å². The molecule has 1 N–H and O–H groups in total. The van der Waals surface area contributed by atoms with Gasteiger partial charge in [0.1, 0.15) is 21.8 Å². The molecule has 0 saturated heterocycles. The molecule has 1 heterocycles. The number of rotatable bonds is 4. The third-order valence-electron chi connectivity index (χ3n) is 2.94. The van der Waals surface area contributed by atoms with Crippen LogP contribution in [0.25, 0.3) is 11.4 Å². The van der Waals surface area contributed by atoms with Gasteiger partial charge in [-0.2, -0.15) is 0 Å². The van der Waals surface area contributed by atoms with Crippen LogP contribution in [-0.2, 0) is 4.74 Å². The molecule has 5 nitrogen and oxygen atoms in total. The van der Waals surface area contributed by atoms with E-state index in [4.69, 9.17) is 21.7 Å². The van der Waals surface area contributed by atoms with Crippen LogP contribution < -0.4 is 4.74 Å². The van der Waals surface area contributed by atoms with Crippen LogP contribution in [0.15, 0.2) is 24.3 Å². The van der Waals surface area contributed by atoms with Crippen molar-refractivity contribution in [3.05, 3.63) is 40.2 Å². The minimum atomic E-state index is -0.495. The van der Waals surface area contributed by atoms with Gasteiger partial charge in [0.25, 0.3) is 0 Å². The molecule has 110 valence electrons. The second-order valence-electron chi connectivity index (χ2n) is 4.31. The van der Waals surface area contributed by atoms with E-state index in [0.717, 1.165) is 5.56 Å². The Morgan fingerprint density at radius 1 is 1.38 bits per heavy atom. The summed E-state index contributed by atoms with van der Waals surface area (Å²) in [7, 11) is 1.31. The number of aromatic amines is 1. The Hall–Kier alpha value is -2.21. The van der Waals surface area contributed by atoms with E-state index in [1.54, 1.807) is 6.92 Å². The first-order valence-electron chi connectivity index (χ1n) is 6.50. The molecule has 1 aromatic carbocycles. The van der Waals surface area contributed by atoms with E-state index in [1.165, 1.54) is 7.11 Å². The van der Waals surface area contributed by atoms with E-state index < -0.39 is 5.97 Å². The number of hydrogen-bond acceptors (Lipinski definition) is 5. The minimum Gasteiger partial charge on any atom is -0.493 e. The number of carbonyl (C=O) groups is 1. The quantitative estimate of drug-likeness (QED) is 0.693. The SMILES string of the molecule is CCOc1ccccc1-c1nc(=S)c(C(=O)OC)c(C)[nH]1. The molecule has 1 aromatic heterocycles. The number of nitrogens with zero attached hydrogens (tertiary/aromatic N) is 1. The minimum absolute atomic E-state index is 0.208. The summed E-state index contributed by atoms with van der Waals surface area (Å²) in [5.74, 6) is 0.781. The smallest absolute Gasteiger partial charge is 0.342 e. The molecule has 6 heteroatoms. The molecule has 0 fully saturated rings. The highest BCUT2D eigenvalue weighted by molar-refractivity contribution is 7.71. The van der Waals surface area contributed by atoms with E-state index in [9.17, 15) is 4.79 Å². The highest BCUT2D eigenvalue weighted by atomic mass is 32.1. The number of nitrogens with one attached hydrogen (secondary N) is 1. The standard InChI is InChI=1S/C15H16N2O3S/c1-4-20-11-8-6-5-7-10(11)13-16-9(2)12(14(21)17-13)15(18)19-3/h5-8H,4H2,1-3H3,(H,16,17,21). The Bertz CT molecular complexity index is 725. The lowest BCUT2D eigenvalue weighted by Gasteiger charge is -2.11. The third kappa shape index (κ3) is 3.11. The molecule has 21 heavy (non-hydrogen) atoms. The van der Waals surface area contributed by atoms with Gasteiger partial charge in [-0.15, -0.1) is 0 Å². The van der Waals surface area contributed by atoms with Gasteiger partial charge in [0.15, 0.2) is 0 Å². The van der Waals surface area contributed by atoms with Crippen molar-refractivity contribution in [3.8, 4) is 17.1 Å². The number of esters is 1. The summed E-state index contributed by atoms with van der Waals surface area (Å²) >= 11 is 5.20.